The van der Waals surface area contributed by atoms with Crippen molar-refractivity contribution in [3.05, 3.63) is 40.7 Å². The molecule has 120 valence electrons. The van der Waals surface area contributed by atoms with E-state index in [0.29, 0.717) is 0 Å². The summed E-state index contributed by atoms with van der Waals surface area (Å²) >= 11 is 1.56. The molecule has 0 saturated carbocycles. The lowest BCUT2D eigenvalue weighted by Gasteiger charge is -2.18. The van der Waals surface area contributed by atoms with Gasteiger partial charge < -0.3 is 11.1 Å². The molecule has 0 aliphatic rings. The minimum atomic E-state index is -0.207. The van der Waals surface area contributed by atoms with Crippen LogP contribution in [0.5, 0.6) is 0 Å². The van der Waals surface area contributed by atoms with Gasteiger partial charge in [0, 0.05) is 22.9 Å². The first-order valence-corrected chi connectivity index (χ1v) is 7.93. The van der Waals surface area contributed by atoms with E-state index in [-0.39, 0.29) is 36.3 Å². The zero-order chi connectivity index (χ0) is 15.4. The van der Waals surface area contributed by atoms with Crippen LogP contribution in [0.1, 0.15) is 31.8 Å². The molecule has 6 heteroatoms. The van der Waals surface area contributed by atoms with Crippen molar-refractivity contribution in [3.63, 3.8) is 0 Å². The third-order valence-electron chi connectivity index (χ3n) is 3.52. The highest BCUT2D eigenvalue weighted by Crippen LogP contribution is 2.25. The molecule has 1 amide bonds. The number of nitrogens with one attached hydrogen (secondary N) is 1. The van der Waals surface area contributed by atoms with Crippen LogP contribution < -0.4 is 11.1 Å². The minimum absolute atomic E-state index is 0. The number of carbonyl (C=O) groups is 1. The van der Waals surface area contributed by atoms with Crippen molar-refractivity contribution in [2.75, 3.05) is 0 Å². The van der Waals surface area contributed by atoms with Crippen LogP contribution >= 0.6 is 23.7 Å². The molecule has 0 saturated heterocycles. The summed E-state index contributed by atoms with van der Waals surface area (Å²) in [5.74, 6) is -0.241. The van der Waals surface area contributed by atoms with E-state index in [1.165, 1.54) is 0 Å². The molecule has 0 aliphatic carbocycles. The number of hydrogen-bond acceptors (Lipinski definition) is 4. The Bertz CT molecular complexity index is 600. The second-order valence-electron chi connectivity index (χ2n) is 5.32. The van der Waals surface area contributed by atoms with Crippen molar-refractivity contribution < 1.29 is 4.79 Å². The molecule has 0 aliphatic heterocycles. The standard InChI is InChI=1S/C16H21N3OS.ClH/c1-10(11(2)17)15(20)18-12(3)16-19-14(9-21-16)13-7-5-4-6-8-13;/h4-12H,17H2,1-3H3,(H,18,20);1H. The number of carbonyl (C=O) groups excluding carboxylic acids is 1. The monoisotopic (exact) mass is 339 g/mol. The number of aromatic nitrogens is 1. The Hall–Kier alpha value is -1.43. The van der Waals surface area contributed by atoms with E-state index in [1.54, 1.807) is 11.3 Å². The largest absolute Gasteiger partial charge is 0.347 e. The molecule has 0 bridgehead atoms. The number of hydrogen-bond donors (Lipinski definition) is 2. The summed E-state index contributed by atoms with van der Waals surface area (Å²) in [4.78, 5) is 16.6. The van der Waals surface area contributed by atoms with E-state index in [9.17, 15) is 4.79 Å². The van der Waals surface area contributed by atoms with Gasteiger partial charge in [0.2, 0.25) is 5.91 Å². The van der Waals surface area contributed by atoms with E-state index in [2.05, 4.69) is 10.3 Å². The molecule has 2 rings (SSSR count). The van der Waals surface area contributed by atoms with Gasteiger partial charge in [-0.05, 0) is 13.8 Å². The Morgan fingerprint density at radius 3 is 2.45 bits per heavy atom. The lowest BCUT2D eigenvalue weighted by atomic mass is 10.0. The van der Waals surface area contributed by atoms with Gasteiger partial charge in [0.1, 0.15) is 5.01 Å². The number of benzene rings is 1. The second kappa shape index (κ2) is 8.27. The molecule has 2 aromatic rings. The van der Waals surface area contributed by atoms with Gasteiger partial charge in [-0.1, -0.05) is 37.3 Å². The van der Waals surface area contributed by atoms with Crippen LogP contribution in [0.15, 0.2) is 35.7 Å². The summed E-state index contributed by atoms with van der Waals surface area (Å²) < 4.78 is 0. The van der Waals surface area contributed by atoms with Crippen molar-refractivity contribution in [2.45, 2.75) is 32.9 Å². The Labute approximate surface area is 141 Å². The highest BCUT2D eigenvalue weighted by Gasteiger charge is 2.20. The van der Waals surface area contributed by atoms with Gasteiger partial charge in [0.25, 0.3) is 0 Å². The zero-order valence-electron chi connectivity index (χ0n) is 12.9. The number of nitrogens with zero attached hydrogens (tertiary/aromatic N) is 1. The fourth-order valence-corrected chi connectivity index (χ4v) is 2.71. The molecule has 0 spiro atoms. The Kier molecular flexibility index (Phi) is 7.00. The molecule has 1 aromatic heterocycles. The SMILES string of the molecule is CC(NC(=O)C(C)C(C)N)c1nc(-c2ccccc2)cs1.Cl. The van der Waals surface area contributed by atoms with Gasteiger partial charge in [-0.15, -0.1) is 23.7 Å². The predicted octanol–water partition coefficient (Wildman–Crippen LogP) is 3.39. The minimum Gasteiger partial charge on any atom is -0.347 e. The first kappa shape index (κ1) is 18.6. The molecule has 3 N–H and O–H groups in total. The van der Waals surface area contributed by atoms with E-state index >= 15 is 0 Å². The summed E-state index contributed by atoms with van der Waals surface area (Å²) in [6.07, 6.45) is 0. The molecule has 3 atom stereocenters. The maximum atomic E-state index is 12.0. The first-order valence-electron chi connectivity index (χ1n) is 7.06. The molecule has 4 nitrogen and oxygen atoms in total. The number of thiazole rings is 1. The summed E-state index contributed by atoms with van der Waals surface area (Å²) in [7, 11) is 0. The van der Waals surface area contributed by atoms with E-state index in [1.807, 2.05) is 56.5 Å². The van der Waals surface area contributed by atoms with Crippen LogP contribution in [0.25, 0.3) is 11.3 Å². The molecule has 0 radical (unpaired) electrons. The molecule has 3 unspecified atom stereocenters. The summed E-state index contributed by atoms with van der Waals surface area (Å²) in [5, 5.41) is 5.89. The van der Waals surface area contributed by atoms with Crippen LogP contribution in [-0.4, -0.2) is 16.9 Å². The zero-order valence-corrected chi connectivity index (χ0v) is 14.6. The summed E-state index contributed by atoms with van der Waals surface area (Å²) in [5.41, 5.74) is 7.78. The topological polar surface area (TPSA) is 68.0 Å². The van der Waals surface area contributed by atoms with Crippen LogP contribution in [0.3, 0.4) is 0 Å². The Balaban J connectivity index is 0.00000242. The molecule has 1 aromatic carbocycles. The lowest BCUT2D eigenvalue weighted by Crippen LogP contribution is -2.39. The van der Waals surface area contributed by atoms with Crippen molar-refractivity contribution >= 4 is 29.7 Å². The summed E-state index contributed by atoms with van der Waals surface area (Å²) in [6, 6.07) is 9.75. The van der Waals surface area contributed by atoms with E-state index in [0.717, 1.165) is 16.3 Å². The average molecular weight is 340 g/mol. The van der Waals surface area contributed by atoms with Crippen LogP contribution in [-0.2, 0) is 4.79 Å². The van der Waals surface area contributed by atoms with Crippen LogP contribution in [0, 0.1) is 5.92 Å². The highest BCUT2D eigenvalue weighted by molar-refractivity contribution is 7.10. The lowest BCUT2D eigenvalue weighted by molar-refractivity contribution is -0.125. The molecule has 0 fully saturated rings. The third kappa shape index (κ3) is 4.53. The average Bonchev–Trinajstić information content (AvgIpc) is 2.97. The van der Waals surface area contributed by atoms with Crippen LogP contribution in [0.2, 0.25) is 0 Å². The highest BCUT2D eigenvalue weighted by atomic mass is 35.5. The Morgan fingerprint density at radius 2 is 1.86 bits per heavy atom. The van der Waals surface area contributed by atoms with Crippen LogP contribution in [0.4, 0.5) is 0 Å². The molecular formula is C16H22ClN3OS. The fourth-order valence-electron chi connectivity index (χ4n) is 1.87. The van der Waals surface area contributed by atoms with Gasteiger partial charge in [0.05, 0.1) is 11.7 Å². The van der Waals surface area contributed by atoms with Crippen molar-refractivity contribution in [1.29, 1.82) is 0 Å². The van der Waals surface area contributed by atoms with Gasteiger partial charge in [0.15, 0.2) is 0 Å². The maximum absolute atomic E-state index is 12.0. The normalized spacial score (nSPS) is 14.5. The van der Waals surface area contributed by atoms with Gasteiger partial charge >= 0.3 is 0 Å². The van der Waals surface area contributed by atoms with Crippen molar-refractivity contribution in [2.24, 2.45) is 11.7 Å². The third-order valence-corrected chi connectivity index (χ3v) is 4.55. The summed E-state index contributed by atoms with van der Waals surface area (Å²) in [6.45, 7) is 5.62. The van der Waals surface area contributed by atoms with E-state index in [4.69, 9.17) is 5.73 Å². The maximum Gasteiger partial charge on any atom is 0.224 e. The first-order chi connectivity index (χ1) is 9.99. The number of halogens is 1. The van der Waals surface area contributed by atoms with Gasteiger partial charge in [-0.2, -0.15) is 0 Å². The molecular weight excluding hydrogens is 318 g/mol. The number of amides is 1. The van der Waals surface area contributed by atoms with Gasteiger partial charge in [-0.3, -0.25) is 4.79 Å². The fraction of sp³-hybridized carbons (Fsp3) is 0.375. The Morgan fingerprint density at radius 1 is 1.23 bits per heavy atom. The second-order valence-corrected chi connectivity index (χ2v) is 6.20. The van der Waals surface area contributed by atoms with Gasteiger partial charge in [-0.25, -0.2) is 4.98 Å². The number of rotatable bonds is 5. The molecule has 22 heavy (non-hydrogen) atoms. The molecule has 1 heterocycles. The number of nitrogens with two attached hydrogens (primary N) is 1. The van der Waals surface area contributed by atoms with Crippen molar-refractivity contribution in [3.8, 4) is 11.3 Å². The predicted molar refractivity (Wildman–Crippen MR) is 94.2 cm³/mol. The smallest absolute Gasteiger partial charge is 0.224 e. The quantitative estimate of drug-likeness (QED) is 0.877. The van der Waals surface area contributed by atoms with E-state index < -0.39 is 0 Å². The van der Waals surface area contributed by atoms with Crippen molar-refractivity contribution in [1.82, 2.24) is 10.3 Å².